The Hall–Kier alpha value is -2.98. The minimum absolute atomic E-state index is 0.175. The highest BCUT2D eigenvalue weighted by molar-refractivity contribution is 5.97. The van der Waals surface area contributed by atoms with Crippen LogP contribution >= 0.6 is 0 Å². The van der Waals surface area contributed by atoms with Crippen molar-refractivity contribution in [3.05, 3.63) is 101 Å². The molecule has 0 radical (unpaired) electrons. The van der Waals surface area contributed by atoms with E-state index < -0.39 is 6.04 Å². The second-order valence-corrected chi connectivity index (χ2v) is 7.03. The molecule has 0 saturated heterocycles. The molecule has 3 aromatic carbocycles. The molecule has 1 atom stereocenters. The Morgan fingerprint density at radius 1 is 0.964 bits per heavy atom. The summed E-state index contributed by atoms with van der Waals surface area (Å²) in [4.78, 5) is 15.0. The van der Waals surface area contributed by atoms with Gasteiger partial charge in [0.2, 0.25) is 5.91 Å². The zero-order chi connectivity index (χ0) is 20.1. The van der Waals surface area contributed by atoms with Gasteiger partial charge in [-0.1, -0.05) is 48.5 Å². The second kappa shape index (κ2) is 8.81. The maximum atomic E-state index is 13.5. The number of halogens is 1. The van der Waals surface area contributed by atoms with Crippen molar-refractivity contribution >= 4 is 11.6 Å². The van der Waals surface area contributed by atoms with Crippen LogP contribution < -0.4 is 10.6 Å². The minimum atomic E-state index is -0.754. The van der Waals surface area contributed by atoms with Crippen molar-refractivity contribution in [2.45, 2.75) is 26.3 Å². The van der Waals surface area contributed by atoms with Gasteiger partial charge in [-0.05, 0) is 66.8 Å². The van der Waals surface area contributed by atoms with Gasteiger partial charge in [0.15, 0.2) is 0 Å². The number of hydrogen-bond acceptors (Lipinski definition) is 2. The summed E-state index contributed by atoms with van der Waals surface area (Å²) in [5, 5.41) is 0. The van der Waals surface area contributed by atoms with E-state index in [2.05, 4.69) is 0 Å². The quantitative estimate of drug-likeness (QED) is 0.677. The number of hydrogen-bond donors (Lipinski definition) is 1. The predicted molar refractivity (Wildman–Crippen MR) is 112 cm³/mol. The molecule has 3 rings (SSSR count). The molecule has 3 nitrogen and oxygen atoms in total. The lowest BCUT2D eigenvalue weighted by Gasteiger charge is -2.27. The van der Waals surface area contributed by atoms with Gasteiger partial charge in [-0.15, -0.1) is 0 Å². The van der Waals surface area contributed by atoms with E-state index in [-0.39, 0.29) is 11.7 Å². The van der Waals surface area contributed by atoms with Gasteiger partial charge in [-0.2, -0.15) is 0 Å². The molecular weight excluding hydrogens is 351 g/mol. The number of nitrogens with zero attached hydrogens (tertiary/aromatic N) is 1. The van der Waals surface area contributed by atoms with Crippen LogP contribution in [0.25, 0.3) is 0 Å². The maximum absolute atomic E-state index is 13.5. The first-order valence-corrected chi connectivity index (χ1v) is 9.39. The first-order chi connectivity index (χ1) is 13.5. The molecule has 0 aliphatic carbocycles. The van der Waals surface area contributed by atoms with E-state index in [0.29, 0.717) is 13.0 Å². The van der Waals surface area contributed by atoms with Gasteiger partial charge < -0.3 is 10.6 Å². The summed E-state index contributed by atoms with van der Waals surface area (Å²) in [5.74, 6) is -0.451. The van der Waals surface area contributed by atoms with Crippen molar-refractivity contribution in [1.29, 1.82) is 0 Å². The van der Waals surface area contributed by atoms with Gasteiger partial charge in [-0.25, -0.2) is 4.39 Å². The van der Waals surface area contributed by atoms with Gasteiger partial charge in [0.05, 0.1) is 0 Å². The lowest BCUT2D eigenvalue weighted by atomic mass is 10.0. The first kappa shape index (κ1) is 19.8. The van der Waals surface area contributed by atoms with Crippen LogP contribution in [0.5, 0.6) is 0 Å². The fraction of sp³-hybridized carbons (Fsp3) is 0.208. The summed E-state index contributed by atoms with van der Waals surface area (Å²) < 4.78 is 13.5. The summed E-state index contributed by atoms with van der Waals surface area (Å²) in [6.45, 7) is 4.48. The van der Waals surface area contributed by atoms with E-state index in [4.69, 9.17) is 5.73 Å². The normalized spacial score (nSPS) is 11.9. The molecule has 0 heterocycles. The summed E-state index contributed by atoms with van der Waals surface area (Å²) in [5.41, 5.74) is 11.0. The molecule has 2 N–H and O–H groups in total. The number of nitrogens with two attached hydrogens (primary N) is 1. The maximum Gasteiger partial charge on any atom is 0.248 e. The van der Waals surface area contributed by atoms with Crippen LogP contribution in [0, 0.1) is 19.7 Å². The van der Waals surface area contributed by atoms with Gasteiger partial charge in [0.1, 0.15) is 11.9 Å². The summed E-state index contributed by atoms with van der Waals surface area (Å²) in [6.07, 6.45) is 0.540. The molecule has 0 aliphatic heterocycles. The topological polar surface area (TPSA) is 46.3 Å². The smallest absolute Gasteiger partial charge is 0.248 e. The van der Waals surface area contributed by atoms with Crippen LogP contribution in [0.2, 0.25) is 0 Å². The summed E-state index contributed by atoms with van der Waals surface area (Å²) in [6, 6.07) is 21.0. The molecule has 1 amide bonds. The van der Waals surface area contributed by atoms with E-state index in [1.54, 1.807) is 11.0 Å². The molecule has 0 spiro atoms. The Bertz CT molecular complexity index is 956. The number of benzene rings is 3. The van der Waals surface area contributed by atoms with E-state index in [0.717, 1.165) is 27.9 Å². The number of aryl methyl sites for hydroxylation is 2. The van der Waals surface area contributed by atoms with Crippen molar-refractivity contribution in [1.82, 2.24) is 0 Å². The monoisotopic (exact) mass is 376 g/mol. The van der Waals surface area contributed by atoms with Crippen molar-refractivity contribution in [2.75, 3.05) is 11.4 Å². The van der Waals surface area contributed by atoms with Crippen LogP contribution in [0.15, 0.2) is 72.8 Å². The van der Waals surface area contributed by atoms with Crippen LogP contribution in [0.1, 0.15) is 28.3 Å². The Morgan fingerprint density at radius 2 is 1.71 bits per heavy atom. The fourth-order valence-electron chi connectivity index (χ4n) is 3.16. The molecule has 28 heavy (non-hydrogen) atoms. The molecule has 144 valence electrons. The van der Waals surface area contributed by atoms with Gasteiger partial charge in [-0.3, -0.25) is 4.79 Å². The number of carbonyl (C=O) groups is 1. The lowest BCUT2D eigenvalue weighted by molar-refractivity contribution is -0.120. The predicted octanol–water partition coefficient (Wildman–Crippen LogP) is 4.72. The van der Waals surface area contributed by atoms with Crippen LogP contribution in [0.3, 0.4) is 0 Å². The lowest BCUT2D eigenvalue weighted by Crippen LogP contribution is -2.40. The Morgan fingerprint density at radius 3 is 2.39 bits per heavy atom. The number of amides is 1. The van der Waals surface area contributed by atoms with Crippen molar-refractivity contribution in [3.8, 4) is 0 Å². The van der Waals surface area contributed by atoms with E-state index in [1.807, 2.05) is 68.4 Å². The van der Waals surface area contributed by atoms with Crippen molar-refractivity contribution in [2.24, 2.45) is 5.73 Å². The molecule has 0 aliphatic rings. The van der Waals surface area contributed by atoms with Crippen LogP contribution in [-0.2, 0) is 11.2 Å². The molecule has 4 heteroatoms. The molecule has 0 aromatic heterocycles. The van der Waals surface area contributed by atoms with E-state index >= 15 is 0 Å². The highest BCUT2D eigenvalue weighted by Crippen LogP contribution is 2.23. The number of rotatable bonds is 6. The van der Waals surface area contributed by atoms with Crippen LogP contribution in [0.4, 0.5) is 10.1 Å². The Balaban J connectivity index is 1.89. The Kier molecular flexibility index (Phi) is 6.22. The summed E-state index contributed by atoms with van der Waals surface area (Å²) >= 11 is 0. The van der Waals surface area contributed by atoms with E-state index in [9.17, 15) is 9.18 Å². The number of anilines is 1. The number of carbonyl (C=O) groups excluding carboxylic acids is 1. The van der Waals surface area contributed by atoms with Gasteiger partial charge >= 0.3 is 0 Å². The third-order valence-electron chi connectivity index (χ3n) is 5.01. The zero-order valence-corrected chi connectivity index (χ0v) is 16.2. The third kappa shape index (κ3) is 4.65. The standard InChI is InChI=1S/C24H25FN2O/c1-17-11-12-22(15-18(17)2)27(14-13-19-7-6-10-21(25)16-19)24(28)23(26)20-8-4-3-5-9-20/h3-12,15-16,23H,13-14,26H2,1-2H3. The Labute approximate surface area is 165 Å². The minimum Gasteiger partial charge on any atom is -0.316 e. The average molecular weight is 376 g/mol. The zero-order valence-electron chi connectivity index (χ0n) is 16.2. The first-order valence-electron chi connectivity index (χ1n) is 9.39. The van der Waals surface area contributed by atoms with Crippen LogP contribution in [-0.4, -0.2) is 12.5 Å². The largest absolute Gasteiger partial charge is 0.316 e. The molecule has 0 bridgehead atoms. The third-order valence-corrected chi connectivity index (χ3v) is 5.01. The van der Waals surface area contributed by atoms with Gasteiger partial charge in [0.25, 0.3) is 0 Å². The average Bonchev–Trinajstić information content (AvgIpc) is 2.70. The highest BCUT2D eigenvalue weighted by atomic mass is 19.1. The fourth-order valence-corrected chi connectivity index (χ4v) is 3.16. The SMILES string of the molecule is Cc1ccc(N(CCc2cccc(F)c2)C(=O)C(N)c2ccccc2)cc1C. The van der Waals surface area contributed by atoms with Gasteiger partial charge in [0, 0.05) is 12.2 Å². The highest BCUT2D eigenvalue weighted by Gasteiger charge is 2.24. The second-order valence-electron chi connectivity index (χ2n) is 7.03. The molecule has 0 saturated carbocycles. The summed E-state index contributed by atoms with van der Waals surface area (Å²) in [7, 11) is 0. The molecular formula is C24H25FN2O. The molecule has 3 aromatic rings. The van der Waals surface area contributed by atoms with E-state index in [1.165, 1.54) is 12.1 Å². The molecule has 0 fully saturated rings. The van der Waals surface area contributed by atoms with Crippen molar-refractivity contribution in [3.63, 3.8) is 0 Å². The van der Waals surface area contributed by atoms with Crippen molar-refractivity contribution < 1.29 is 9.18 Å². The molecule has 1 unspecified atom stereocenters.